The Bertz CT molecular complexity index is 1380. The van der Waals surface area contributed by atoms with Crippen LogP contribution >= 0.6 is 34.8 Å². The van der Waals surface area contributed by atoms with Crippen LogP contribution in [0.4, 0.5) is 11.4 Å². The maximum atomic E-state index is 13.1. The average Bonchev–Trinajstić information content (AvgIpc) is 2.78. The topological polar surface area (TPSA) is 98.2 Å². The Balaban J connectivity index is 1.74. The number of aromatic nitrogens is 2. The quantitative estimate of drug-likeness (QED) is 0.341. The maximum Gasteiger partial charge on any atom is 0.253 e. The molecule has 0 radical (unpaired) electrons. The Labute approximate surface area is 206 Å². The van der Waals surface area contributed by atoms with Crippen LogP contribution in [0.5, 0.6) is 0 Å². The van der Waals surface area contributed by atoms with Gasteiger partial charge in [-0.05, 0) is 48.0 Å². The molecule has 4 rings (SSSR count). The molecule has 0 aliphatic heterocycles. The fourth-order valence-electron chi connectivity index (χ4n) is 3.23. The standard InChI is InChI=1S/C22H15Cl3N4O3S/c23-14-5-4-13(17(25)10-14)12-28-22(30)16-7-6-15(24)11-20(16)29(33(31)32)19-3-1-2-18-21(19)27-9-8-26-18/h1-11H,12H2,(H,28,30)(H,31,32)/p-1. The van der Waals surface area contributed by atoms with Crippen molar-refractivity contribution in [3.63, 3.8) is 0 Å². The zero-order valence-corrected chi connectivity index (χ0v) is 19.8. The molecule has 11 heteroatoms. The first-order valence-electron chi connectivity index (χ1n) is 9.46. The molecule has 4 aromatic rings. The number of fused-ring (bicyclic) bond motifs is 1. The normalized spacial score (nSPS) is 11.9. The van der Waals surface area contributed by atoms with Crippen molar-refractivity contribution in [1.29, 1.82) is 0 Å². The first-order valence-corrected chi connectivity index (χ1v) is 11.6. The molecule has 1 atom stereocenters. The highest BCUT2D eigenvalue weighted by atomic mass is 35.5. The van der Waals surface area contributed by atoms with Crippen molar-refractivity contribution in [3.05, 3.63) is 93.2 Å². The van der Waals surface area contributed by atoms with Crippen LogP contribution in [0, 0.1) is 0 Å². The maximum absolute atomic E-state index is 13.1. The zero-order chi connectivity index (χ0) is 23.5. The molecule has 1 heterocycles. The van der Waals surface area contributed by atoms with Crippen molar-refractivity contribution < 1.29 is 13.6 Å². The smallest absolute Gasteiger partial charge is 0.253 e. The molecule has 3 aromatic carbocycles. The van der Waals surface area contributed by atoms with E-state index in [0.717, 1.165) is 4.31 Å². The summed E-state index contributed by atoms with van der Waals surface area (Å²) in [6.07, 6.45) is 2.96. The molecule has 0 aliphatic rings. The summed E-state index contributed by atoms with van der Waals surface area (Å²) in [5.74, 6) is -0.519. The van der Waals surface area contributed by atoms with Crippen LogP contribution in [0.1, 0.15) is 15.9 Å². The van der Waals surface area contributed by atoms with E-state index in [0.29, 0.717) is 26.6 Å². The first-order chi connectivity index (χ1) is 15.8. The van der Waals surface area contributed by atoms with Crippen LogP contribution in [-0.4, -0.2) is 24.6 Å². The summed E-state index contributed by atoms with van der Waals surface area (Å²) < 4.78 is 25.7. The minimum atomic E-state index is -2.80. The number of benzene rings is 3. The van der Waals surface area contributed by atoms with Gasteiger partial charge in [0.2, 0.25) is 0 Å². The first kappa shape index (κ1) is 23.4. The van der Waals surface area contributed by atoms with Gasteiger partial charge in [-0.2, -0.15) is 0 Å². The molecule has 1 aromatic heterocycles. The fourth-order valence-corrected chi connectivity index (χ4v) is 4.49. The Kier molecular flexibility index (Phi) is 7.11. The van der Waals surface area contributed by atoms with Crippen molar-refractivity contribution in [2.45, 2.75) is 6.54 Å². The van der Waals surface area contributed by atoms with Crippen LogP contribution in [-0.2, 0) is 17.8 Å². The molecule has 0 fully saturated rings. The van der Waals surface area contributed by atoms with Gasteiger partial charge in [0, 0.05) is 34.0 Å². The third kappa shape index (κ3) is 5.10. The molecule has 1 N–H and O–H groups in total. The molecule has 1 unspecified atom stereocenters. The SMILES string of the molecule is O=C(NCc1ccc(Cl)cc1Cl)c1ccc(Cl)cc1N(c1cccc2nccnc12)S(=O)[O-]. The third-order valence-electron chi connectivity index (χ3n) is 4.72. The van der Waals surface area contributed by atoms with Crippen LogP contribution in [0.2, 0.25) is 15.1 Å². The number of nitrogens with zero attached hydrogens (tertiary/aromatic N) is 3. The second kappa shape index (κ2) is 10.0. The third-order valence-corrected chi connectivity index (χ3v) is 6.24. The van der Waals surface area contributed by atoms with E-state index in [-0.39, 0.29) is 28.5 Å². The lowest BCUT2D eigenvalue weighted by Crippen LogP contribution is -2.27. The number of rotatable bonds is 6. The Morgan fingerprint density at radius 1 is 0.970 bits per heavy atom. The lowest BCUT2D eigenvalue weighted by Gasteiger charge is -2.29. The lowest BCUT2D eigenvalue weighted by molar-refractivity contribution is 0.0951. The summed E-state index contributed by atoms with van der Waals surface area (Å²) in [4.78, 5) is 21.5. The minimum Gasteiger partial charge on any atom is -0.755 e. The summed E-state index contributed by atoms with van der Waals surface area (Å²) in [6.45, 7) is 0.108. The van der Waals surface area contributed by atoms with Crippen molar-refractivity contribution in [2.24, 2.45) is 0 Å². The van der Waals surface area contributed by atoms with Crippen molar-refractivity contribution >= 4 is 74.4 Å². The average molecular weight is 521 g/mol. The molecule has 0 saturated carbocycles. The number of carbonyl (C=O) groups excluding carboxylic acids is 1. The summed E-state index contributed by atoms with van der Waals surface area (Å²) in [5.41, 5.74) is 1.88. The summed E-state index contributed by atoms with van der Waals surface area (Å²) in [7, 11) is 0. The molecule has 1 amide bonds. The van der Waals surface area contributed by atoms with Gasteiger partial charge in [0.1, 0.15) is 5.52 Å². The molecule has 0 bridgehead atoms. The number of anilines is 2. The van der Waals surface area contributed by atoms with Crippen LogP contribution in [0.3, 0.4) is 0 Å². The highest BCUT2D eigenvalue weighted by Crippen LogP contribution is 2.35. The lowest BCUT2D eigenvalue weighted by atomic mass is 10.1. The molecular weight excluding hydrogens is 507 g/mol. The van der Waals surface area contributed by atoms with Gasteiger partial charge < -0.3 is 9.87 Å². The summed E-state index contributed by atoms with van der Waals surface area (Å²) in [6, 6.07) is 14.2. The second-order valence-electron chi connectivity index (χ2n) is 6.79. The molecule has 168 valence electrons. The molecule has 7 nitrogen and oxygen atoms in total. The van der Waals surface area contributed by atoms with Gasteiger partial charge in [-0.1, -0.05) is 46.9 Å². The van der Waals surface area contributed by atoms with E-state index in [2.05, 4.69) is 15.3 Å². The van der Waals surface area contributed by atoms with Crippen molar-refractivity contribution in [3.8, 4) is 0 Å². The van der Waals surface area contributed by atoms with Gasteiger partial charge in [0.25, 0.3) is 5.91 Å². The van der Waals surface area contributed by atoms with Crippen LogP contribution in [0.25, 0.3) is 11.0 Å². The number of amides is 1. The number of hydrogen-bond donors (Lipinski definition) is 1. The van der Waals surface area contributed by atoms with Crippen molar-refractivity contribution in [2.75, 3.05) is 4.31 Å². The van der Waals surface area contributed by atoms with E-state index < -0.39 is 17.2 Å². The van der Waals surface area contributed by atoms with Gasteiger partial charge >= 0.3 is 0 Å². The van der Waals surface area contributed by atoms with Crippen LogP contribution in [0.15, 0.2) is 67.0 Å². The van der Waals surface area contributed by atoms with Gasteiger partial charge in [0.15, 0.2) is 0 Å². The monoisotopic (exact) mass is 519 g/mol. The zero-order valence-electron chi connectivity index (χ0n) is 16.7. The largest absolute Gasteiger partial charge is 0.755 e. The van der Waals surface area contributed by atoms with Crippen molar-refractivity contribution in [1.82, 2.24) is 15.3 Å². The highest BCUT2D eigenvalue weighted by molar-refractivity contribution is 7.81. The molecular formula is C22H14Cl3N4O3S-. The van der Waals surface area contributed by atoms with Gasteiger partial charge in [-0.25, -0.2) is 0 Å². The fraction of sp³-hybridized carbons (Fsp3) is 0.0455. The van der Waals surface area contributed by atoms with Gasteiger partial charge in [0.05, 0.1) is 33.7 Å². The van der Waals surface area contributed by atoms with E-state index in [9.17, 15) is 13.6 Å². The van der Waals surface area contributed by atoms with E-state index in [4.69, 9.17) is 34.8 Å². The molecule has 33 heavy (non-hydrogen) atoms. The van der Waals surface area contributed by atoms with E-state index >= 15 is 0 Å². The van der Waals surface area contributed by atoms with Crippen LogP contribution < -0.4 is 9.62 Å². The second-order valence-corrected chi connectivity index (χ2v) is 8.87. The van der Waals surface area contributed by atoms with E-state index in [1.807, 2.05) is 0 Å². The number of halogens is 3. The highest BCUT2D eigenvalue weighted by Gasteiger charge is 2.22. The van der Waals surface area contributed by atoms with Gasteiger partial charge in [-0.15, -0.1) is 0 Å². The number of carbonyl (C=O) groups is 1. The Morgan fingerprint density at radius 3 is 2.45 bits per heavy atom. The number of hydrogen-bond acceptors (Lipinski definition) is 5. The Hall–Kier alpha value is -2.75. The predicted octanol–water partition coefficient (Wildman–Crippen LogP) is 5.45. The molecule has 0 spiro atoms. The number of nitrogens with one attached hydrogen (secondary N) is 1. The van der Waals surface area contributed by atoms with Gasteiger partial charge in [-0.3, -0.25) is 23.3 Å². The molecule has 0 saturated heterocycles. The van der Waals surface area contributed by atoms with E-state index in [1.54, 1.807) is 36.4 Å². The van der Waals surface area contributed by atoms with E-state index in [1.165, 1.54) is 30.6 Å². The number of para-hydroxylation sites is 1. The summed E-state index contributed by atoms with van der Waals surface area (Å²) >= 11 is 15.5. The Morgan fingerprint density at radius 2 is 1.70 bits per heavy atom. The predicted molar refractivity (Wildman–Crippen MR) is 130 cm³/mol. The summed E-state index contributed by atoms with van der Waals surface area (Å²) in [5, 5.41) is 3.88. The molecule has 0 aliphatic carbocycles. The minimum absolute atomic E-state index is 0.0636.